The van der Waals surface area contributed by atoms with Crippen molar-refractivity contribution in [3.05, 3.63) is 40.8 Å². The number of halogens is 2. The topological polar surface area (TPSA) is 37.8 Å². The second-order valence-electron chi connectivity index (χ2n) is 4.28. The van der Waals surface area contributed by atoms with Crippen LogP contribution in [-0.4, -0.2) is 16.5 Å². The maximum Gasteiger partial charge on any atom is 0.223 e. The molecule has 0 spiro atoms. The molecule has 2 rings (SSSR count). The van der Waals surface area contributed by atoms with E-state index in [9.17, 15) is 4.39 Å². The lowest BCUT2D eigenvalue weighted by Crippen LogP contribution is -2.05. The molecule has 1 aromatic carbocycles. The molecule has 100 valence electrons. The van der Waals surface area contributed by atoms with E-state index < -0.39 is 0 Å². The van der Waals surface area contributed by atoms with E-state index in [0.29, 0.717) is 22.2 Å². The van der Waals surface area contributed by atoms with Gasteiger partial charge in [0.05, 0.1) is 10.7 Å². The second kappa shape index (κ2) is 5.97. The molecule has 0 amide bonds. The van der Waals surface area contributed by atoms with Gasteiger partial charge in [-0.2, -0.15) is 0 Å². The Kier molecular flexibility index (Phi) is 4.32. The molecule has 0 aliphatic rings. The molecule has 0 atom stereocenters. The molecule has 0 radical (unpaired) electrons. The Labute approximate surface area is 116 Å². The van der Waals surface area contributed by atoms with Crippen molar-refractivity contribution in [3.63, 3.8) is 0 Å². The van der Waals surface area contributed by atoms with Crippen molar-refractivity contribution in [1.29, 1.82) is 0 Å². The number of hydrogen-bond donors (Lipinski definition) is 1. The molecule has 1 heterocycles. The zero-order valence-corrected chi connectivity index (χ0v) is 11.6. The summed E-state index contributed by atoms with van der Waals surface area (Å²) in [5, 5.41) is 3.58. The van der Waals surface area contributed by atoms with E-state index in [2.05, 4.69) is 22.2 Å². The summed E-state index contributed by atoms with van der Waals surface area (Å²) in [4.78, 5) is 8.60. The molecule has 5 heteroatoms. The maximum atomic E-state index is 13.4. The lowest BCUT2D eigenvalue weighted by molar-refractivity contribution is 0.628. The Morgan fingerprint density at radius 2 is 2.16 bits per heavy atom. The predicted octanol–water partition coefficient (Wildman–Crippen LogP) is 4.07. The summed E-state index contributed by atoms with van der Waals surface area (Å²) in [5.41, 5.74) is 2.09. The fourth-order valence-electron chi connectivity index (χ4n) is 1.72. The highest BCUT2D eigenvalue weighted by molar-refractivity contribution is 6.33. The Morgan fingerprint density at radius 3 is 2.89 bits per heavy atom. The van der Waals surface area contributed by atoms with Gasteiger partial charge in [0, 0.05) is 18.3 Å². The fraction of sp³-hybridized carbons (Fsp3) is 0.286. The molecule has 0 unspecified atom stereocenters. The number of benzene rings is 1. The summed E-state index contributed by atoms with van der Waals surface area (Å²) >= 11 is 6.11. The van der Waals surface area contributed by atoms with Crippen LogP contribution in [0.25, 0.3) is 11.3 Å². The molecular weight excluding hydrogens is 265 g/mol. The summed E-state index contributed by atoms with van der Waals surface area (Å²) in [5.74, 6) is 0.197. The van der Waals surface area contributed by atoms with Gasteiger partial charge >= 0.3 is 0 Å². The third-order valence-corrected chi connectivity index (χ3v) is 3.02. The smallest absolute Gasteiger partial charge is 0.223 e. The van der Waals surface area contributed by atoms with Crippen molar-refractivity contribution >= 4 is 17.5 Å². The van der Waals surface area contributed by atoms with E-state index in [1.165, 1.54) is 18.2 Å². The SMILES string of the molecule is CCCNc1ncc(C)c(-c2cc(F)ccc2Cl)n1. The minimum Gasteiger partial charge on any atom is -0.354 e. The van der Waals surface area contributed by atoms with Gasteiger partial charge in [-0.3, -0.25) is 0 Å². The van der Waals surface area contributed by atoms with Gasteiger partial charge in [0.25, 0.3) is 0 Å². The first-order valence-electron chi connectivity index (χ1n) is 6.14. The van der Waals surface area contributed by atoms with Crippen LogP contribution in [0.1, 0.15) is 18.9 Å². The highest BCUT2D eigenvalue weighted by atomic mass is 35.5. The Hall–Kier alpha value is -1.68. The Bertz CT molecular complexity index is 587. The van der Waals surface area contributed by atoms with Crippen molar-refractivity contribution in [1.82, 2.24) is 9.97 Å². The third kappa shape index (κ3) is 3.20. The lowest BCUT2D eigenvalue weighted by Gasteiger charge is -2.10. The number of nitrogens with zero attached hydrogens (tertiary/aromatic N) is 2. The minimum atomic E-state index is -0.333. The van der Waals surface area contributed by atoms with Crippen LogP contribution < -0.4 is 5.32 Å². The summed E-state index contributed by atoms with van der Waals surface area (Å²) in [6.07, 6.45) is 2.69. The fourth-order valence-corrected chi connectivity index (χ4v) is 1.92. The van der Waals surface area contributed by atoms with E-state index >= 15 is 0 Å². The van der Waals surface area contributed by atoms with Crippen LogP contribution in [0.2, 0.25) is 5.02 Å². The third-order valence-electron chi connectivity index (χ3n) is 2.69. The average Bonchev–Trinajstić information content (AvgIpc) is 2.41. The van der Waals surface area contributed by atoms with Gasteiger partial charge in [-0.15, -0.1) is 0 Å². The largest absolute Gasteiger partial charge is 0.354 e. The molecule has 0 bridgehead atoms. The minimum absolute atomic E-state index is 0.333. The van der Waals surface area contributed by atoms with Crippen LogP contribution in [0.4, 0.5) is 10.3 Å². The van der Waals surface area contributed by atoms with Crippen LogP contribution in [0.15, 0.2) is 24.4 Å². The van der Waals surface area contributed by atoms with Gasteiger partial charge in [-0.25, -0.2) is 14.4 Å². The van der Waals surface area contributed by atoms with Crippen LogP contribution in [0.5, 0.6) is 0 Å². The zero-order valence-electron chi connectivity index (χ0n) is 10.9. The predicted molar refractivity (Wildman–Crippen MR) is 76.0 cm³/mol. The number of rotatable bonds is 4. The molecule has 1 N–H and O–H groups in total. The van der Waals surface area contributed by atoms with Gasteiger partial charge in [0.2, 0.25) is 5.95 Å². The molecule has 0 aliphatic carbocycles. The molecule has 1 aromatic heterocycles. The molecule has 0 saturated heterocycles. The van der Waals surface area contributed by atoms with Gasteiger partial charge in [0.15, 0.2) is 0 Å². The summed E-state index contributed by atoms with van der Waals surface area (Å²) < 4.78 is 13.4. The highest BCUT2D eigenvalue weighted by Gasteiger charge is 2.11. The first kappa shape index (κ1) is 13.7. The number of aryl methyl sites for hydroxylation is 1. The van der Waals surface area contributed by atoms with Crippen molar-refractivity contribution < 1.29 is 4.39 Å². The summed E-state index contributed by atoms with van der Waals surface area (Å²) in [6.45, 7) is 4.73. The van der Waals surface area contributed by atoms with Crippen LogP contribution in [-0.2, 0) is 0 Å². The van der Waals surface area contributed by atoms with Crippen LogP contribution >= 0.6 is 11.6 Å². The standard InChI is InChI=1S/C14H15ClFN3/c1-3-6-17-14-18-8-9(2)13(19-14)11-7-10(16)4-5-12(11)15/h4-5,7-8H,3,6H2,1-2H3,(H,17,18,19). The van der Waals surface area contributed by atoms with Crippen LogP contribution in [0, 0.1) is 12.7 Å². The molecule has 0 aliphatic heterocycles. The molecule has 19 heavy (non-hydrogen) atoms. The van der Waals surface area contributed by atoms with E-state index in [4.69, 9.17) is 11.6 Å². The summed E-state index contributed by atoms with van der Waals surface area (Å²) in [7, 11) is 0. The number of hydrogen-bond acceptors (Lipinski definition) is 3. The molecule has 2 aromatic rings. The Balaban J connectivity index is 2.45. The number of aromatic nitrogens is 2. The molecule has 3 nitrogen and oxygen atoms in total. The molecule has 0 saturated carbocycles. The highest BCUT2D eigenvalue weighted by Crippen LogP contribution is 2.29. The van der Waals surface area contributed by atoms with E-state index in [0.717, 1.165) is 18.5 Å². The number of anilines is 1. The van der Waals surface area contributed by atoms with Crippen LogP contribution in [0.3, 0.4) is 0 Å². The average molecular weight is 280 g/mol. The van der Waals surface area contributed by atoms with Gasteiger partial charge < -0.3 is 5.32 Å². The zero-order chi connectivity index (χ0) is 13.8. The first-order chi connectivity index (χ1) is 9.11. The first-order valence-corrected chi connectivity index (χ1v) is 6.52. The molecule has 0 fully saturated rings. The van der Waals surface area contributed by atoms with E-state index in [-0.39, 0.29) is 5.82 Å². The van der Waals surface area contributed by atoms with Gasteiger partial charge in [0.1, 0.15) is 5.82 Å². The van der Waals surface area contributed by atoms with Gasteiger partial charge in [-0.1, -0.05) is 18.5 Å². The second-order valence-corrected chi connectivity index (χ2v) is 4.68. The monoisotopic (exact) mass is 279 g/mol. The van der Waals surface area contributed by atoms with Gasteiger partial charge in [-0.05, 0) is 37.1 Å². The van der Waals surface area contributed by atoms with Crippen molar-refractivity contribution in [2.45, 2.75) is 20.3 Å². The van der Waals surface area contributed by atoms with Crippen molar-refractivity contribution in [3.8, 4) is 11.3 Å². The van der Waals surface area contributed by atoms with E-state index in [1.54, 1.807) is 6.20 Å². The maximum absolute atomic E-state index is 13.4. The normalized spacial score (nSPS) is 10.5. The molecular formula is C14H15ClFN3. The lowest BCUT2D eigenvalue weighted by atomic mass is 10.1. The van der Waals surface area contributed by atoms with Crippen molar-refractivity contribution in [2.24, 2.45) is 0 Å². The quantitative estimate of drug-likeness (QED) is 0.917. The Morgan fingerprint density at radius 1 is 1.37 bits per heavy atom. The number of nitrogens with one attached hydrogen (secondary N) is 1. The summed E-state index contributed by atoms with van der Waals surface area (Å²) in [6, 6.07) is 4.26. The van der Waals surface area contributed by atoms with Crippen molar-refractivity contribution in [2.75, 3.05) is 11.9 Å². The van der Waals surface area contributed by atoms with E-state index in [1.807, 2.05) is 6.92 Å².